The summed E-state index contributed by atoms with van der Waals surface area (Å²) in [5.41, 5.74) is 0.539. The van der Waals surface area contributed by atoms with Crippen LogP contribution in [0.15, 0.2) is 6.20 Å². The average molecular weight is 145 g/mol. The van der Waals surface area contributed by atoms with E-state index in [2.05, 4.69) is 10.3 Å². The molecule has 10 heavy (non-hydrogen) atoms. The summed E-state index contributed by atoms with van der Waals surface area (Å²) in [7, 11) is 0. The molecule has 0 aliphatic carbocycles. The number of aliphatic hydroxyl groups is 1. The molecule has 0 aliphatic heterocycles. The fourth-order valence-corrected chi connectivity index (χ4v) is 0.670. The highest BCUT2D eigenvalue weighted by Crippen LogP contribution is 1.94. The second kappa shape index (κ2) is 3.26. The number of aliphatic hydroxyl groups excluding tert-OH is 1. The van der Waals surface area contributed by atoms with Gasteiger partial charge in [0.25, 0.3) is 0 Å². The van der Waals surface area contributed by atoms with Crippen LogP contribution in [-0.4, -0.2) is 26.8 Å². The lowest BCUT2D eigenvalue weighted by atomic mass is 10.5. The Bertz CT molecular complexity index is 201. The Hall–Kier alpha value is -0.970. The zero-order valence-corrected chi connectivity index (χ0v) is 5.37. The van der Waals surface area contributed by atoms with Gasteiger partial charge in [-0.25, -0.2) is 9.07 Å². The lowest BCUT2D eigenvalue weighted by Gasteiger charge is -1.97. The van der Waals surface area contributed by atoms with E-state index in [1.165, 1.54) is 10.9 Å². The van der Waals surface area contributed by atoms with Crippen molar-refractivity contribution in [3.05, 3.63) is 11.9 Å². The molecule has 0 aromatic carbocycles. The number of halogens is 1. The van der Waals surface area contributed by atoms with E-state index in [0.717, 1.165) is 0 Å². The zero-order valence-electron chi connectivity index (χ0n) is 5.37. The van der Waals surface area contributed by atoms with Crippen molar-refractivity contribution in [2.24, 2.45) is 0 Å². The molecule has 0 saturated heterocycles. The molecule has 0 bridgehead atoms. The molecule has 56 valence electrons. The first-order valence-electron chi connectivity index (χ1n) is 2.92. The van der Waals surface area contributed by atoms with E-state index in [1.807, 2.05) is 0 Å². The summed E-state index contributed by atoms with van der Waals surface area (Å²) in [6.07, 6.45) is 1.41. The molecule has 1 aromatic rings. The number of alkyl halides is 1. The van der Waals surface area contributed by atoms with Crippen LogP contribution < -0.4 is 0 Å². The van der Waals surface area contributed by atoms with E-state index in [9.17, 15) is 4.39 Å². The highest BCUT2D eigenvalue weighted by Gasteiger charge is 1.99. The predicted octanol–water partition coefficient (Wildman–Crippen LogP) is -0.260. The smallest absolute Gasteiger partial charge is 0.109 e. The van der Waals surface area contributed by atoms with Gasteiger partial charge in [0.05, 0.1) is 25.0 Å². The van der Waals surface area contributed by atoms with Crippen LogP contribution in [-0.2, 0) is 13.2 Å². The van der Waals surface area contributed by atoms with E-state index in [-0.39, 0.29) is 13.2 Å². The molecule has 1 aromatic heterocycles. The third kappa shape index (κ3) is 1.30. The Labute approximate surface area is 57.3 Å². The van der Waals surface area contributed by atoms with Crippen molar-refractivity contribution in [1.29, 1.82) is 0 Å². The third-order valence-corrected chi connectivity index (χ3v) is 1.16. The molecular formula is C5H8FN3O. The van der Waals surface area contributed by atoms with Crippen LogP contribution in [0.3, 0.4) is 0 Å². The Kier molecular flexibility index (Phi) is 2.33. The highest BCUT2D eigenvalue weighted by molar-refractivity contribution is 4.90. The first-order valence-corrected chi connectivity index (χ1v) is 2.92. The molecule has 4 nitrogen and oxygen atoms in total. The maximum absolute atomic E-state index is 11.7. The number of nitrogens with zero attached hydrogens (tertiary/aromatic N) is 3. The molecule has 1 heterocycles. The normalized spacial score (nSPS) is 10.2. The Morgan fingerprint density at radius 1 is 1.70 bits per heavy atom. The van der Waals surface area contributed by atoms with Gasteiger partial charge in [-0.3, -0.25) is 0 Å². The quantitative estimate of drug-likeness (QED) is 0.637. The first-order chi connectivity index (χ1) is 4.88. The lowest BCUT2D eigenvalue weighted by Crippen LogP contribution is -2.06. The predicted molar refractivity (Wildman–Crippen MR) is 31.9 cm³/mol. The van der Waals surface area contributed by atoms with Crippen LogP contribution in [0.25, 0.3) is 0 Å². The van der Waals surface area contributed by atoms with Crippen LogP contribution in [0.5, 0.6) is 0 Å². The fraction of sp³-hybridized carbons (Fsp3) is 0.600. The molecule has 0 fully saturated rings. The molecule has 1 N–H and O–H groups in total. The number of aryl methyl sites for hydroxylation is 1. The van der Waals surface area contributed by atoms with E-state index < -0.39 is 6.67 Å². The monoisotopic (exact) mass is 145 g/mol. The number of rotatable bonds is 3. The minimum absolute atomic E-state index is 0.146. The minimum atomic E-state index is -0.490. The van der Waals surface area contributed by atoms with Gasteiger partial charge in [-0.2, -0.15) is 0 Å². The maximum Gasteiger partial charge on any atom is 0.109 e. The summed E-state index contributed by atoms with van der Waals surface area (Å²) in [4.78, 5) is 0. The molecule has 0 saturated carbocycles. The highest BCUT2D eigenvalue weighted by atomic mass is 19.1. The van der Waals surface area contributed by atoms with E-state index in [1.54, 1.807) is 0 Å². The number of aromatic nitrogens is 3. The summed E-state index contributed by atoms with van der Waals surface area (Å²) in [5.74, 6) is 0. The zero-order chi connectivity index (χ0) is 7.40. The molecule has 0 aliphatic rings. The van der Waals surface area contributed by atoms with Crippen LogP contribution >= 0.6 is 0 Å². The first kappa shape index (κ1) is 7.14. The van der Waals surface area contributed by atoms with Crippen LogP contribution in [0.4, 0.5) is 4.39 Å². The van der Waals surface area contributed by atoms with Crippen molar-refractivity contribution in [3.63, 3.8) is 0 Å². The number of hydrogen-bond acceptors (Lipinski definition) is 3. The van der Waals surface area contributed by atoms with Crippen LogP contribution in [0, 0.1) is 0 Å². The topological polar surface area (TPSA) is 50.9 Å². The number of hydrogen-bond donors (Lipinski definition) is 1. The summed E-state index contributed by atoms with van der Waals surface area (Å²) in [6.45, 7) is -0.473. The van der Waals surface area contributed by atoms with Gasteiger partial charge in [0.15, 0.2) is 0 Å². The van der Waals surface area contributed by atoms with E-state index in [4.69, 9.17) is 5.11 Å². The van der Waals surface area contributed by atoms with E-state index >= 15 is 0 Å². The second-order valence-electron chi connectivity index (χ2n) is 1.80. The van der Waals surface area contributed by atoms with Crippen LogP contribution in [0.2, 0.25) is 0 Å². The lowest BCUT2D eigenvalue weighted by molar-refractivity contribution is 0.265. The summed E-state index contributed by atoms with van der Waals surface area (Å²) in [6, 6.07) is 0. The van der Waals surface area contributed by atoms with Crippen molar-refractivity contribution in [2.75, 3.05) is 6.67 Å². The van der Waals surface area contributed by atoms with E-state index in [0.29, 0.717) is 5.69 Å². The largest absolute Gasteiger partial charge is 0.390 e. The molecule has 0 unspecified atom stereocenters. The van der Waals surface area contributed by atoms with Gasteiger partial charge in [-0.05, 0) is 0 Å². The average Bonchev–Trinajstić information content (AvgIpc) is 2.36. The van der Waals surface area contributed by atoms with Gasteiger partial charge in [0.2, 0.25) is 0 Å². The standard InChI is InChI=1S/C5H8FN3O/c6-1-2-9-5(4-10)3-7-8-9/h3,10H,1-2,4H2. The van der Waals surface area contributed by atoms with Gasteiger partial charge in [0, 0.05) is 0 Å². The molecule has 1 rings (SSSR count). The van der Waals surface area contributed by atoms with Crippen molar-refractivity contribution < 1.29 is 9.50 Å². The third-order valence-electron chi connectivity index (χ3n) is 1.16. The molecule has 0 spiro atoms. The van der Waals surface area contributed by atoms with Crippen molar-refractivity contribution in [1.82, 2.24) is 15.0 Å². The van der Waals surface area contributed by atoms with Gasteiger partial charge in [-0.15, -0.1) is 5.10 Å². The molecular weight excluding hydrogens is 137 g/mol. The Morgan fingerprint density at radius 3 is 3.10 bits per heavy atom. The van der Waals surface area contributed by atoms with Crippen molar-refractivity contribution >= 4 is 0 Å². The van der Waals surface area contributed by atoms with Gasteiger partial charge < -0.3 is 5.11 Å². The fourth-order valence-electron chi connectivity index (χ4n) is 0.670. The van der Waals surface area contributed by atoms with Gasteiger partial charge in [0.1, 0.15) is 6.67 Å². The summed E-state index contributed by atoms with van der Waals surface area (Å²) >= 11 is 0. The van der Waals surface area contributed by atoms with Crippen molar-refractivity contribution in [2.45, 2.75) is 13.2 Å². The Balaban J connectivity index is 2.70. The van der Waals surface area contributed by atoms with Gasteiger partial charge in [-0.1, -0.05) is 5.21 Å². The second-order valence-corrected chi connectivity index (χ2v) is 1.80. The Morgan fingerprint density at radius 2 is 2.50 bits per heavy atom. The maximum atomic E-state index is 11.7. The minimum Gasteiger partial charge on any atom is -0.390 e. The molecule has 5 heteroatoms. The van der Waals surface area contributed by atoms with Crippen molar-refractivity contribution in [3.8, 4) is 0 Å². The molecule has 0 amide bonds. The van der Waals surface area contributed by atoms with Gasteiger partial charge >= 0.3 is 0 Å². The molecule has 0 radical (unpaired) electrons. The summed E-state index contributed by atoms with van der Waals surface area (Å²) in [5, 5.41) is 15.7. The molecule has 0 atom stereocenters. The summed E-state index contributed by atoms with van der Waals surface area (Å²) < 4.78 is 13.0. The van der Waals surface area contributed by atoms with Crippen LogP contribution in [0.1, 0.15) is 5.69 Å². The SMILES string of the molecule is OCc1cnnn1CCF.